The largest absolute Gasteiger partial charge is 0.358 e. The first-order chi connectivity index (χ1) is 16.5. The monoisotopic (exact) mass is 468 g/mol. The van der Waals surface area contributed by atoms with Gasteiger partial charge >= 0.3 is 0 Å². The highest BCUT2D eigenvalue weighted by molar-refractivity contribution is 5.94. The van der Waals surface area contributed by atoms with E-state index >= 15 is 0 Å². The lowest BCUT2D eigenvalue weighted by Gasteiger charge is -2.37. The van der Waals surface area contributed by atoms with Gasteiger partial charge in [0.15, 0.2) is 0 Å². The summed E-state index contributed by atoms with van der Waals surface area (Å²) < 4.78 is 6.14. The molecule has 8 nitrogen and oxygen atoms in total. The van der Waals surface area contributed by atoms with E-state index in [-0.39, 0.29) is 35.7 Å². The van der Waals surface area contributed by atoms with Gasteiger partial charge in [0.1, 0.15) is 18.3 Å². The zero-order chi connectivity index (χ0) is 23.7. The van der Waals surface area contributed by atoms with Gasteiger partial charge in [0, 0.05) is 18.3 Å². The van der Waals surface area contributed by atoms with Crippen molar-refractivity contribution in [2.75, 3.05) is 20.2 Å². The Bertz CT molecular complexity index is 944. The number of amides is 3. The van der Waals surface area contributed by atoms with E-state index in [1.807, 2.05) is 12.1 Å². The quantitative estimate of drug-likeness (QED) is 0.612. The van der Waals surface area contributed by atoms with Crippen LogP contribution in [0, 0.1) is 5.41 Å². The summed E-state index contributed by atoms with van der Waals surface area (Å²) in [7, 11) is 1.70. The second-order valence-electron chi connectivity index (χ2n) is 10.3. The van der Waals surface area contributed by atoms with Crippen molar-refractivity contribution in [3.63, 3.8) is 0 Å². The smallest absolute Gasteiger partial charge is 0.247 e. The molecule has 3 fully saturated rings. The summed E-state index contributed by atoms with van der Waals surface area (Å²) in [6.45, 7) is 0.529. The number of nitrogens with one attached hydrogen (secondary N) is 3. The minimum absolute atomic E-state index is 0.0379. The molecule has 2 aliphatic carbocycles. The maximum atomic E-state index is 14.0. The van der Waals surface area contributed by atoms with Gasteiger partial charge in [-0.1, -0.05) is 37.1 Å². The molecule has 8 heteroatoms. The lowest BCUT2D eigenvalue weighted by atomic mass is 9.77. The average molecular weight is 469 g/mol. The number of likely N-dealkylation sites (N-methyl/N-ethyl adjacent to an activating group) is 1. The Morgan fingerprint density at radius 2 is 1.88 bits per heavy atom. The van der Waals surface area contributed by atoms with E-state index in [0.717, 1.165) is 44.9 Å². The van der Waals surface area contributed by atoms with Crippen LogP contribution in [0.4, 0.5) is 0 Å². The van der Waals surface area contributed by atoms with Crippen molar-refractivity contribution in [1.29, 1.82) is 0 Å². The highest BCUT2D eigenvalue weighted by Crippen LogP contribution is 2.53. The van der Waals surface area contributed by atoms with Crippen LogP contribution in [0.25, 0.3) is 0 Å². The van der Waals surface area contributed by atoms with Gasteiger partial charge in [-0.2, -0.15) is 0 Å². The minimum Gasteiger partial charge on any atom is -0.358 e. The van der Waals surface area contributed by atoms with Gasteiger partial charge in [-0.3, -0.25) is 14.4 Å². The van der Waals surface area contributed by atoms with Crippen molar-refractivity contribution >= 4 is 17.7 Å². The Kier molecular flexibility index (Phi) is 6.62. The van der Waals surface area contributed by atoms with E-state index in [1.165, 1.54) is 11.1 Å². The molecule has 1 aromatic carbocycles. The number of hydrogen-bond donors (Lipinski definition) is 3. The van der Waals surface area contributed by atoms with Crippen LogP contribution < -0.4 is 16.0 Å². The Labute approximate surface area is 201 Å². The Morgan fingerprint density at radius 3 is 2.68 bits per heavy atom. The molecule has 34 heavy (non-hydrogen) atoms. The molecule has 0 bridgehead atoms. The molecule has 1 aromatic rings. The van der Waals surface area contributed by atoms with Crippen LogP contribution in [0.15, 0.2) is 24.3 Å². The standard InChI is InChI=1S/C26H36N4O4/c1-27-16-21(31)28-20-11-14-34-22-15-26(12-4-5-13-26)23(30(22)25(20)33)24(32)29-19-10-6-8-17-7-2-3-9-18(17)19/h2-3,7,9,19-20,22-23,27H,4-6,8,10-16H2,1H3,(H,28,31)(H,29,32)/t19-,20+,22+,23?/m1/s1. The van der Waals surface area contributed by atoms with Crippen LogP contribution in [-0.2, 0) is 25.5 Å². The first kappa shape index (κ1) is 23.3. The number of aryl methyl sites for hydroxylation is 1. The van der Waals surface area contributed by atoms with Gasteiger partial charge in [-0.25, -0.2) is 0 Å². The molecule has 3 amide bonds. The normalized spacial score (nSPS) is 29.9. The van der Waals surface area contributed by atoms with Crippen LogP contribution in [0.2, 0.25) is 0 Å². The van der Waals surface area contributed by atoms with E-state index in [1.54, 1.807) is 11.9 Å². The number of rotatable bonds is 5. The third-order valence-electron chi connectivity index (χ3n) is 8.23. The Balaban J connectivity index is 1.42. The molecular weight excluding hydrogens is 432 g/mol. The molecule has 0 radical (unpaired) electrons. The fourth-order valence-corrected chi connectivity index (χ4v) is 6.71. The van der Waals surface area contributed by atoms with Crippen molar-refractivity contribution in [3.05, 3.63) is 35.4 Å². The summed E-state index contributed by atoms with van der Waals surface area (Å²) >= 11 is 0. The van der Waals surface area contributed by atoms with Crippen molar-refractivity contribution in [1.82, 2.24) is 20.9 Å². The minimum atomic E-state index is -0.673. The number of benzene rings is 1. The fraction of sp³-hybridized carbons (Fsp3) is 0.654. The zero-order valence-corrected chi connectivity index (χ0v) is 20.0. The summed E-state index contributed by atoms with van der Waals surface area (Å²) in [4.78, 5) is 41.6. The van der Waals surface area contributed by atoms with E-state index in [9.17, 15) is 14.4 Å². The first-order valence-corrected chi connectivity index (χ1v) is 12.8. The highest BCUT2D eigenvalue weighted by atomic mass is 16.5. The van der Waals surface area contributed by atoms with Gasteiger partial charge in [0.2, 0.25) is 17.7 Å². The summed E-state index contributed by atoms with van der Waals surface area (Å²) in [6, 6.07) is 7.05. The number of carbonyl (C=O) groups excluding carboxylic acids is 3. The summed E-state index contributed by atoms with van der Waals surface area (Å²) in [6.07, 6.45) is 7.63. The molecule has 184 valence electrons. The van der Waals surface area contributed by atoms with Crippen molar-refractivity contribution in [2.24, 2.45) is 5.41 Å². The number of nitrogens with zero attached hydrogens (tertiary/aromatic N) is 1. The van der Waals surface area contributed by atoms with Gasteiger partial charge in [0.25, 0.3) is 0 Å². The molecule has 2 heterocycles. The molecule has 1 spiro atoms. The maximum Gasteiger partial charge on any atom is 0.247 e. The zero-order valence-electron chi connectivity index (χ0n) is 20.0. The van der Waals surface area contributed by atoms with Gasteiger partial charge in [0.05, 0.1) is 19.2 Å². The Hall–Kier alpha value is -2.45. The molecule has 3 N–H and O–H groups in total. The lowest BCUT2D eigenvalue weighted by Crippen LogP contribution is -2.58. The average Bonchev–Trinajstić information content (AvgIpc) is 3.39. The molecular formula is C26H36N4O4. The maximum absolute atomic E-state index is 14.0. The van der Waals surface area contributed by atoms with Crippen LogP contribution in [-0.4, -0.2) is 61.1 Å². The lowest BCUT2D eigenvalue weighted by molar-refractivity contribution is -0.150. The van der Waals surface area contributed by atoms with E-state index in [2.05, 4.69) is 28.1 Å². The van der Waals surface area contributed by atoms with Crippen molar-refractivity contribution in [2.45, 2.75) is 82.1 Å². The van der Waals surface area contributed by atoms with Gasteiger partial charge in [-0.05, 0) is 50.3 Å². The van der Waals surface area contributed by atoms with Crippen LogP contribution in [0.1, 0.15) is 68.5 Å². The number of fused-ring (bicyclic) bond motifs is 2. The van der Waals surface area contributed by atoms with Crippen molar-refractivity contribution in [3.8, 4) is 0 Å². The third kappa shape index (κ3) is 4.22. The highest BCUT2D eigenvalue weighted by Gasteiger charge is 2.59. The summed E-state index contributed by atoms with van der Waals surface area (Å²) in [5, 5.41) is 9.00. The topological polar surface area (TPSA) is 99.8 Å². The second kappa shape index (κ2) is 9.66. The summed E-state index contributed by atoms with van der Waals surface area (Å²) in [5.41, 5.74) is 2.23. The Morgan fingerprint density at radius 1 is 1.09 bits per heavy atom. The van der Waals surface area contributed by atoms with E-state index in [4.69, 9.17) is 4.74 Å². The summed E-state index contributed by atoms with van der Waals surface area (Å²) in [5.74, 6) is -0.501. The van der Waals surface area contributed by atoms with Crippen LogP contribution in [0.5, 0.6) is 0 Å². The van der Waals surface area contributed by atoms with Crippen molar-refractivity contribution < 1.29 is 19.1 Å². The second-order valence-corrected chi connectivity index (χ2v) is 10.3. The molecule has 4 atom stereocenters. The molecule has 2 saturated heterocycles. The van der Waals surface area contributed by atoms with Gasteiger partial charge < -0.3 is 25.6 Å². The number of hydrogen-bond acceptors (Lipinski definition) is 5. The fourth-order valence-electron chi connectivity index (χ4n) is 6.71. The van der Waals surface area contributed by atoms with Crippen LogP contribution in [0.3, 0.4) is 0 Å². The number of ether oxygens (including phenoxy) is 1. The molecule has 4 aliphatic rings. The molecule has 1 saturated carbocycles. The number of carbonyl (C=O) groups is 3. The third-order valence-corrected chi connectivity index (χ3v) is 8.23. The first-order valence-electron chi connectivity index (χ1n) is 12.8. The predicted octanol–water partition coefficient (Wildman–Crippen LogP) is 1.79. The van der Waals surface area contributed by atoms with E-state index in [0.29, 0.717) is 19.4 Å². The van der Waals surface area contributed by atoms with E-state index < -0.39 is 18.3 Å². The predicted molar refractivity (Wildman–Crippen MR) is 127 cm³/mol. The van der Waals surface area contributed by atoms with Gasteiger partial charge in [-0.15, -0.1) is 0 Å². The molecule has 1 unspecified atom stereocenters. The van der Waals surface area contributed by atoms with Crippen LogP contribution >= 0.6 is 0 Å². The molecule has 2 aliphatic heterocycles. The molecule has 0 aromatic heterocycles. The SMILES string of the molecule is CNCC(=O)N[C@H]1CCO[C@H]2CC3(CCCC3)C(C(=O)N[C@@H]3CCCc4ccccc43)N2C1=O. The molecule has 5 rings (SSSR count).